The van der Waals surface area contributed by atoms with Gasteiger partial charge in [0, 0.05) is 12.8 Å². The molecule has 0 fully saturated rings. The molecule has 2 unspecified atom stereocenters. The van der Waals surface area contributed by atoms with Crippen LogP contribution in [0.2, 0.25) is 0 Å². The highest BCUT2D eigenvalue weighted by Crippen LogP contribution is 2.28. The van der Waals surface area contributed by atoms with Crippen molar-refractivity contribution in [3.8, 4) is 0 Å². The number of unbranched alkanes of at least 4 members (excludes halogenated alkanes) is 8. The lowest BCUT2D eigenvalue weighted by atomic mass is 10.2. The van der Waals surface area contributed by atoms with Gasteiger partial charge in [-0.15, -0.1) is 0 Å². The summed E-state index contributed by atoms with van der Waals surface area (Å²) in [5.41, 5.74) is 0. The number of hydrogen-bond acceptors (Lipinski definition) is 7. The van der Waals surface area contributed by atoms with Crippen LogP contribution < -0.4 is 0 Å². The first-order chi connectivity index (χ1) is 22.1. The van der Waals surface area contributed by atoms with E-state index < -0.39 is 12.6 Å². The lowest BCUT2D eigenvalue weighted by molar-refractivity contribution is -0.243. The van der Waals surface area contributed by atoms with Crippen LogP contribution in [0, 0.1) is 0 Å². The zero-order valence-electron chi connectivity index (χ0n) is 31.0. The van der Waals surface area contributed by atoms with E-state index in [4.69, 9.17) is 33.2 Å². The molecule has 0 aromatic heterocycles. The summed E-state index contributed by atoms with van der Waals surface area (Å²) in [5, 5.41) is 0. The fraction of sp³-hybridized carbons (Fsp3) is 0.895. The summed E-state index contributed by atoms with van der Waals surface area (Å²) in [5.74, 6) is 2.86. The van der Waals surface area contributed by atoms with Gasteiger partial charge in [-0.1, -0.05) is 107 Å². The monoisotopic (exact) mass is 643 g/mol. The van der Waals surface area contributed by atoms with E-state index in [-0.39, 0.29) is 0 Å². The van der Waals surface area contributed by atoms with Crippen molar-refractivity contribution in [2.45, 2.75) is 184 Å². The maximum absolute atomic E-state index is 6.87. The molecule has 2 atom stereocenters. The summed E-state index contributed by atoms with van der Waals surface area (Å²) in [6.07, 6.45) is 16.8. The summed E-state index contributed by atoms with van der Waals surface area (Å²) in [6.45, 7) is 20.7. The second-order valence-corrected chi connectivity index (χ2v) is 11.8. The molecule has 7 heteroatoms. The van der Waals surface area contributed by atoms with Gasteiger partial charge in [0.15, 0.2) is 11.5 Å². The zero-order chi connectivity index (χ0) is 33.4. The van der Waals surface area contributed by atoms with E-state index >= 15 is 0 Å². The standard InChI is InChI=1S/C38H74O7/c1-9-17-19-21-23-31-43-37(35(41-29-15-7)33(25-11-3)39-27-13-5)45-38(44-32-24-22-20-18-10-2)36(42-30-16-8)34(26-12-4)40-28-14-6/h37-38H,9-32H2,1-8H3. The van der Waals surface area contributed by atoms with Gasteiger partial charge in [-0.3, -0.25) is 0 Å². The third-order valence-electron chi connectivity index (χ3n) is 7.10. The van der Waals surface area contributed by atoms with E-state index in [0.717, 1.165) is 88.6 Å². The third kappa shape index (κ3) is 21.9. The molecule has 0 aliphatic rings. The highest BCUT2D eigenvalue weighted by molar-refractivity contribution is 5.09. The zero-order valence-corrected chi connectivity index (χ0v) is 31.0. The Balaban J connectivity index is 6.72. The Labute approximate surface area is 279 Å². The van der Waals surface area contributed by atoms with Gasteiger partial charge >= 0.3 is 0 Å². The summed E-state index contributed by atoms with van der Waals surface area (Å²) in [7, 11) is 0. The van der Waals surface area contributed by atoms with Crippen molar-refractivity contribution in [2.24, 2.45) is 0 Å². The SMILES string of the molecule is CCCCCCCOC(OC(OCCCCCCC)C(OCCC)=C(CCC)OCCC)C(OCCC)=C(CCC)OCCC. The molecule has 0 rings (SSSR count). The summed E-state index contributed by atoms with van der Waals surface area (Å²) < 4.78 is 45.5. The Kier molecular flexibility index (Phi) is 31.5. The fourth-order valence-corrected chi connectivity index (χ4v) is 4.68. The average molecular weight is 643 g/mol. The van der Waals surface area contributed by atoms with Crippen molar-refractivity contribution < 1.29 is 33.2 Å². The second kappa shape index (κ2) is 32.5. The Morgan fingerprint density at radius 1 is 0.356 bits per heavy atom. The molecule has 0 amide bonds. The van der Waals surface area contributed by atoms with Crippen LogP contribution in [0.15, 0.2) is 23.0 Å². The van der Waals surface area contributed by atoms with Crippen molar-refractivity contribution in [3.63, 3.8) is 0 Å². The van der Waals surface area contributed by atoms with Crippen LogP contribution in [0.3, 0.4) is 0 Å². The minimum Gasteiger partial charge on any atom is -0.494 e. The molecule has 45 heavy (non-hydrogen) atoms. The van der Waals surface area contributed by atoms with Crippen LogP contribution in [-0.4, -0.2) is 52.2 Å². The highest BCUT2D eigenvalue weighted by Gasteiger charge is 2.32. The molecule has 0 aliphatic heterocycles. The smallest absolute Gasteiger partial charge is 0.223 e. The highest BCUT2D eigenvalue weighted by atomic mass is 16.8. The van der Waals surface area contributed by atoms with Crippen LogP contribution in [0.25, 0.3) is 0 Å². The summed E-state index contributed by atoms with van der Waals surface area (Å²) in [6, 6.07) is 0. The molecule has 0 aromatic carbocycles. The van der Waals surface area contributed by atoms with E-state index in [2.05, 4.69) is 55.4 Å². The first-order valence-electron chi connectivity index (χ1n) is 18.9. The predicted molar refractivity (Wildman–Crippen MR) is 187 cm³/mol. The molecule has 0 saturated heterocycles. The fourth-order valence-electron chi connectivity index (χ4n) is 4.68. The van der Waals surface area contributed by atoms with Crippen molar-refractivity contribution >= 4 is 0 Å². The predicted octanol–water partition coefficient (Wildman–Crippen LogP) is 11.4. The molecule has 268 valence electrons. The van der Waals surface area contributed by atoms with Crippen molar-refractivity contribution in [3.05, 3.63) is 23.0 Å². The minimum atomic E-state index is -0.791. The van der Waals surface area contributed by atoms with Gasteiger partial charge in [-0.2, -0.15) is 0 Å². The first kappa shape index (κ1) is 43.6. The van der Waals surface area contributed by atoms with Gasteiger partial charge in [0.05, 0.1) is 39.6 Å². The molecule has 0 heterocycles. The van der Waals surface area contributed by atoms with E-state index in [0.29, 0.717) is 51.2 Å². The van der Waals surface area contributed by atoms with Crippen molar-refractivity contribution in [2.75, 3.05) is 39.6 Å². The quantitative estimate of drug-likeness (QED) is 0.0393. The van der Waals surface area contributed by atoms with Crippen LogP contribution >= 0.6 is 0 Å². The molecular formula is C38H74O7. The van der Waals surface area contributed by atoms with Gasteiger partial charge in [-0.05, 0) is 51.4 Å². The molecule has 0 bridgehead atoms. The summed E-state index contributed by atoms with van der Waals surface area (Å²) in [4.78, 5) is 0. The maximum atomic E-state index is 6.87. The van der Waals surface area contributed by atoms with Gasteiger partial charge in [-0.25, -0.2) is 0 Å². The molecule has 0 N–H and O–H groups in total. The maximum Gasteiger partial charge on any atom is 0.223 e. The average Bonchev–Trinajstić information content (AvgIpc) is 3.05. The number of hydrogen-bond donors (Lipinski definition) is 0. The molecule has 0 aromatic rings. The molecule has 7 nitrogen and oxygen atoms in total. The largest absolute Gasteiger partial charge is 0.494 e. The minimum absolute atomic E-state index is 0.552. The van der Waals surface area contributed by atoms with Crippen LogP contribution in [0.5, 0.6) is 0 Å². The molecule has 0 radical (unpaired) electrons. The molecule has 0 spiro atoms. The van der Waals surface area contributed by atoms with Gasteiger partial charge in [0.2, 0.25) is 12.6 Å². The van der Waals surface area contributed by atoms with Crippen LogP contribution in [-0.2, 0) is 33.2 Å². The third-order valence-corrected chi connectivity index (χ3v) is 7.10. The Hall–Kier alpha value is -1.44. The Morgan fingerprint density at radius 3 is 1.04 bits per heavy atom. The van der Waals surface area contributed by atoms with E-state index in [1.54, 1.807) is 0 Å². The Morgan fingerprint density at radius 2 is 0.711 bits per heavy atom. The van der Waals surface area contributed by atoms with Crippen LogP contribution in [0.1, 0.15) is 171 Å². The van der Waals surface area contributed by atoms with Crippen molar-refractivity contribution in [1.29, 1.82) is 0 Å². The first-order valence-corrected chi connectivity index (χ1v) is 18.9. The molecular weight excluding hydrogens is 568 g/mol. The molecule has 0 saturated carbocycles. The normalized spacial score (nSPS) is 14.0. The lowest BCUT2D eigenvalue weighted by Crippen LogP contribution is -2.34. The second-order valence-electron chi connectivity index (χ2n) is 11.8. The number of rotatable bonds is 34. The van der Waals surface area contributed by atoms with Crippen molar-refractivity contribution in [1.82, 2.24) is 0 Å². The summed E-state index contributed by atoms with van der Waals surface area (Å²) >= 11 is 0. The Bertz CT molecular complexity index is 648. The van der Waals surface area contributed by atoms with E-state index in [9.17, 15) is 0 Å². The van der Waals surface area contributed by atoms with Gasteiger partial charge < -0.3 is 33.2 Å². The van der Waals surface area contributed by atoms with E-state index in [1.807, 2.05) is 0 Å². The van der Waals surface area contributed by atoms with E-state index in [1.165, 1.54) is 38.5 Å². The lowest BCUT2D eigenvalue weighted by Gasteiger charge is -2.30. The number of allylic oxidation sites excluding steroid dienone is 2. The van der Waals surface area contributed by atoms with Gasteiger partial charge in [0.1, 0.15) is 11.5 Å². The van der Waals surface area contributed by atoms with Crippen LogP contribution in [0.4, 0.5) is 0 Å². The molecule has 0 aliphatic carbocycles. The van der Waals surface area contributed by atoms with Gasteiger partial charge in [0.25, 0.3) is 0 Å². The topological polar surface area (TPSA) is 64.6 Å². The number of ether oxygens (including phenoxy) is 7.